The van der Waals surface area contributed by atoms with Crippen LogP contribution in [0.5, 0.6) is 5.75 Å². The summed E-state index contributed by atoms with van der Waals surface area (Å²) in [6.07, 6.45) is 7.95. The fourth-order valence-electron chi connectivity index (χ4n) is 5.17. The van der Waals surface area contributed by atoms with E-state index in [1.54, 1.807) is 32.4 Å². The van der Waals surface area contributed by atoms with E-state index < -0.39 is 0 Å². The molecular formula is C27H39N7O3. The third kappa shape index (κ3) is 7.09. The van der Waals surface area contributed by atoms with E-state index in [1.807, 2.05) is 13.0 Å². The lowest BCUT2D eigenvalue weighted by Gasteiger charge is -2.33. The van der Waals surface area contributed by atoms with Gasteiger partial charge in [0.15, 0.2) is 0 Å². The van der Waals surface area contributed by atoms with Gasteiger partial charge in [-0.1, -0.05) is 12.8 Å². The number of carbonyl (C=O) groups excluding carboxylic acids is 2. The predicted molar refractivity (Wildman–Crippen MR) is 145 cm³/mol. The third-order valence-electron chi connectivity index (χ3n) is 7.12. The largest absolute Gasteiger partial charge is 0.495 e. The number of nitrogens with zero attached hydrogens (tertiary/aromatic N) is 3. The van der Waals surface area contributed by atoms with Crippen LogP contribution in [0.15, 0.2) is 24.4 Å². The van der Waals surface area contributed by atoms with Gasteiger partial charge in [0.1, 0.15) is 11.6 Å². The summed E-state index contributed by atoms with van der Waals surface area (Å²) in [5.74, 6) is 1.55. The molecule has 2 aromatic rings. The van der Waals surface area contributed by atoms with Crippen molar-refractivity contribution < 1.29 is 14.3 Å². The molecule has 10 nitrogen and oxygen atoms in total. The second-order valence-corrected chi connectivity index (χ2v) is 10.2. The third-order valence-corrected chi connectivity index (χ3v) is 7.12. The summed E-state index contributed by atoms with van der Waals surface area (Å²) >= 11 is 0. The fraction of sp³-hybridized carbons (Fsp3) is 0.556. The topological polar surface area (TPSA) is 121 Å². The van der Waals surface area contributed by atoms with Crippen molar-refractivity contribution >= 4 is 29.3 Å². The Morgan fingerprint density at radius 2 is 1.86 bits per heavy atom. The molecule has 10 heteroatoms. The summed E-state index contributed by atoms with van der Waals surface area (Å²) in [7, 11) is 3.65. The zero-order valence-corrected chi connectivity index (χ0v) is 22.3. The Morgan fingerprint density at radius 3 is 2.59 bits per heavy atom. The average molecular weight is 510 g/mol. The maximum absolute atomic E-state index is 12.9. The average Bonchev–Trinajstić information content (AvgIpc) is 2.87. The lowest BCUT2D eigenvalue weighted by Crippen LogP contribution is -2.48. The van der Waals surface area contributed by atoms with Gasteiger partial charge in [-0.2, -0.15) is 4.98 Å². The van der Waals surface area contributed by atoms with Crippen molar-refractivity contribution in [3.05, 3.63) is 35.5 Å². The number of piperidine rings is 1. The van der Waals surface area contributed by atoms with Crippen LogP contribution in [0.1, 0.15) is 61.4 Å². The second kappa shape index (κ2) is 12.2. The molecule has 0 spiro atoms. The molecule has 1 aliphatic heterocycles. The highest BCUT2D eigenvalue weighted by molar-refractivity contribution is 5.95. The minimum atomic E-state index is -0.107. The van der Waals surface area contributed by atoms with E-state index in [0.717, 1.165) is 63.0 Å². The lowest BCUT2D eigenvalue weighted by molar-refractivity contribution is -0.119. The number of hydrogen-bond donors (Lipinski definition) is 4. The molecule has 1 aliphatic carbocycles. The van der Waals surface area contributed by atoms with Crippen molar-refractivity contribution in [3.8, 4) is 5.75 Å². The Balaban J connectivity index is 1.45. The Bertz CT molecular complexity index is 1110. The molecule has 0 bridgehead atoms. The Hall–Kier alpha value is -3.40. The molecular weight excluding hydrogens is 470 g/mol. The van der Waals surface area contributed by atoms with E-state index >= 15 is 0 Å². The number of rotatable bonds is 8. The predicted octanol–water partition coefficient (Wildman–Crippen LogP) is 3.22. The van der Waals surface area contributed by atoms with Gasteiger partial charge in [-0.3, -0.25) is 9.59 Å². The molecule has 2 fully saturated rings. The second-order valence-electron chi connectivity index (χ2n) is 10.2. The van der Waals surface area contributed by atoms with Crippen LogP contribution < -0.4 is 26.0 Å². The number of aryl methyl sites for hydroxylation is 1. The summed E-state index contributed by atoms with van der Waals surface area (Å²) in [5.41, 5.74) is 2.13. The Morgan fingerprint density at radius 1 is 1.08 bits per heavy atom. The van der Waals surface area contributed by atoms with E-state index in [2.05, 4.69) is 38.2 Å². The minimum absolute atomic E-state index is 0.0178. The molecule has 1 aromatic carbocycles. The molecule has 1 aromatic heterocycles. The number of ether oxygens (including phenoxy) is 1. The highest BCUT2D eigenvalue weighted by Gasteiger charge is 2.26. The van der Waals surface area contributed by atoms with Gasteiger partial charge in [0, 0.05) is 48.9 Å². The maximum atomic E-state index is 12.9. The summed E-state index contributed by atoms with van der Waals surface area (Å²) in [5, 5.41) is 13.0. The van der Waals surface area contributed by atoms with Gasteiger partial charge >= 0.3 is 0 Å². The lowest BCUT2D eigenvalue weighted by atomic mass is 9.90. The molecule has 3 atom stereocenters. The standard InChI is InChI=1S/C27H39N7O3/c1-17-15-28-27(33-25(17)31-22-10-6-5-9-21(22)29-18(2)35)32-23-12-11-19(14-24(23)37-4)26(36)30-20-8-7-13-34(3)16-20/h11-12,14-15,20-22H,5-10,13,16H2,1-4H3,(H,29,35)(H,30,36)(H2,28,31,32,33)/t20?,21-,22-/m1/s1. The van der Waals surface area contributed by atoms with Crippen LogP contribution in [0.4, 0.5) is 17.5 Å². The number of hydrogen-bond acceptors (Lipinski definition) is 8. The van der Waals surface area contributed by atoms with E-state index in [0.29, 0.717) is 22.9 Å². The first-order valence-electron chi connectivity index (χ1n) is 13.1. The SMILES string of the molecule is COc1cc(C(=O)NC2CCCN(C)C2)ccc1Nc1ncc(C)c(N[C@@H]2CCCC[C@H]2NC(C)=O)n1. The van der Waals surface area contributed by atoms with Crippen molar-refractivity contribution in [2.75, 3.05) is 37.9 Å². The zero-order valence-electron chi connectivity index (χ0n) is 22.3. The fourth-order valence-corrected chi connectivity index (χ4v) is 5.17. The van der Waals surface area contributed by atoms with Crippen LogP contribution in [0.2, 0.25) is 0 Å². The highest BCUT2D eigenvalue weighted by atomic mass is 16.5. The van der Waals surface area contributed by atoms with E-state index in [1.165, 1.54) is 0 Å². The molecule has 1 unspecified atom stereocenters. The first kappa shape index (κ1) is 26.7. The normalized spacial score (nSPS) is 22.1. The van der Waals surface area contributed by atoms with Crippen LogP contribution in [-0.2, 0) is 4.79 Å². The molecule has 2 heterocycles. The number of methoxy groups -OCH3 is 1. The number of aromatic nitrogens is 2. The van der Waals surface area contributed by atoms with Gasteiger partial charge in [-0.15, -0.1) is 0 Å². The monoisotopic (exact) mass is 509 g/mol. The van der Waals surface area contributed by atoms with E-state index in [-0.39, 0.29) is 29.9 Å². The summed E-state index contributed by atoms with van der Waals surface area (Å²) in [6, 6.07) is 5.65. The van der Waals surface area contributed by atoms with Gasteiger partial charge in [-0.05, 0) is 64.4 Å². The Kier molecular flexibility index (Phi) is 8.81. The molecule has 4 rings (SSSR count). The quantitative estimate of drug-likeness (QED) is 0.428. The van der Waals surface area contributed by atoms with E-state index in [9.17, 15) is 9.59 Å². The molecule has 0 radical (unpaired) electrons. The number of likely N-dealkylation sites (tertiary alicyclic amines) is 1. The maximum Gasteiger partial charge on any atom is 0.251 e. The van der Waals surface area contributed by atoms with Gasteiger partial charge in [-0.25, -0.2) is 4.98 Å². The molecule has 1 saturated carbocycles. The number of amides is 2. The molecule has 1 saturated heterocycles. The van der Waals surface area contributed by atoms with Crippen molar-refractivity contribution in [2.45, 2.75) is 70.5 Å². The number of anilines is 3. The number of carbonyl (C=O) groups is 2. The summed E-state index contributed by atoms with van der Waals surface area (Å²) in [4.78, 5) is 35.9. The first-order valence-corrected chi connectivity index (χ1v) is 13.1. The molecule has 37 heavy (non-hydrogen) atoms. The molecule has 2 amide bonds. The van der Waals surface area contributed by atoms with Crippen molar-refractivity contribution in [2.24, 2.45) is 0 Å². The Labute approximate surface area is 219 Å². The van der Waals surface area contributed by atoms with Crippen LogP contribution in [0, 0.1) is 6.92 Å². The highest BCUT2D eigenvalue weighted by Crippen LogP contribution is 2.29. The van der Waals surface area contributed by atoms with Gasteiger partial charge in [0.25, 0.3) is 5.91 Å². The number of benzene rings is 1. The van der Waals surface area contributed by atoms with Crippen LogP contribution in [-0.4, -0.2) is 72.1 Å². The molecule has 2 aliphatic rings. The zero-order chi connectivity index (χ0) is 26.4. The van der Waals surface area contributed by atoms with Crippen LogP contribution in [0.3, 0.4) is 0 Å². The smallest absolute Gasteiger partial charge is 0.251 e. The first-order chi connectivity index (χ1) is 17.8. The van der Waals surface area contributed by atoms with E-state index in [4.69, 9.17) is 9.72 Å². The number of likely N-dealkylation sites (N-methyl/N-ethyl adjacent to an activating group) is 1. The van der Waals surface area contributed by atoms with Crippen LogP contribution in [0.25, 0.3) is 0 Å². The van der Waals surface area contributed by atoms with Crippen molar-refractivity contribution in [1.29, 1.82) is 0 Å². The number of nitrogens with one attached hydrogen (secondary N) is 4. The molecule has 4 N–H and O–H groups in total. The molecule has 200 valence electrons. The minimum Gasteiger partial charge on any atom is -0.495 e. The van der Waals surface area contributed by atoms with Gasteiger partial charge in [0.2, 0.25) is 11.9 Å². The van der Waals surface area contributed by atoms with Gasteiger partial charge in [0.05, 0.1) is 12.8 Å². The van der Waals surface area contributed by atoms with Crippen molar-refractivity contribution in [3.63, 3.8) is 0 Å². The summed E-state index contributed by atoms with van der Waals surface area (Å²) in [6.45, 7) is 5.44. The van der Waals surface area contributed by atoms with Crippen LogP contribution >= 0.6 is 0 Å². The van der Waals surface area contributed by atoms with Gasteiger partial charge < -0.3 is 30.9 Å². The summed E-state index contributed by atoms with van der Waals surface area (Å²) < 4.78 is 5.58. The van der Waals surface area contributed by atoms with Crippen molar-refractivity contribution in [1.82, 2.24) is 25.5 Å².